The molecule has 0 atom stereocenters. The number of benzene rings is 2. The second-order valence-corrected chi connectivity index (χ2v) is 7.39. The summed E-state index contributed by atoms with van der Waals surface area (Å²) < 4.78 is 0. The largest absolute Gasteiger partial charge is 0.326 e. The van der Waals surface area contributed by atoms with Gasteiger partial charge in [0.25, 0.3) is 11.4 Å². The highest BCUT2D eigenvalue weighted by molar-refractivity contribution is 6.05. The van der Waals surface area contributed by atoms with Crippen LogP contribution in [0.2, 0.25) is 0 Å². The Kier molecular flexibility index (Phi) is 8.11. The minimum absolute atomic E-state index is 0.00791. The molecule has 0 aromatic heterocycles. The van der Waals surface area contributed by atoms with Crippen LogP contribution in [0.3, 0.4) is 0 Å². The van der Waals surface area contributed by atoms with Crippen molar-refractivity contribution < 1.29 is 19.4 Å². The van der Waals surface area contributed by atoms with Crippen LogP contribution in [0.15, 0.2) is 47.6 Å². The molecule has 32 heavy (non-hydrogen) atoms. The second kappa shape index (κ2) is 10.8. The smallest absolute Gasteiger partial charge is 0.279 e. The quantitative estimate of drug-likeness (QED) is 0.343. The van der Waals surface area contributed by atoms with Crippen LogP contribution in [0.4, 0.5) is 17.1 Å². The van der Waals surface area contributed by atoms with E-state index >= 15 is 0 Å². The number of nitro benzene ring substituents is 2. The number of anilines is 1. The number of non-ortho nitro benzene ring substituents is 1. The fraction of sp³-hybridized carbons (Fsp3) is 0.286. The van der Waals surface area contributed by atoms with Gasteiger partial charge in [-0.1, -0.05) is 26.0 Å². The lowest BCUT2D eigenvalue weighted by Crippen LogP contribution is -2.23. The van der Waals surface area contributed by atoms with Gasteiger partial charge in [0.15, 0.2) is 0 Å². The minimum Gasteiger partial charge on any atom is -0.326 e. The Balaban J connectivity index is 1.93. The number of carbonyl (C=O) groups is 2. The van der Waals surface area contributed by atoms with Crippen LogP contribution in [0, 0.1) is 20.2 Å². The number of amides is 2. The Labute approximate surface area is 183 Å². The monoisotopic (exact) mass is 441 g/mol. The zero-order valence-corrected chi connectivity index (χ0v) is 17.8. The van der Waals surface area contributed by atoms with Crippen LogP contribution in [-0.2, 0) is 16.0 Å². The lowest BCUT2D eigenvalue weighted by Gasteiger charge is -2.08. The Morgan fingerprint density at radius 3 is 2.22 bits per heavy atom. The number of rotatable bonds is 9. The third-order valence-corrected chi connectivity index (χ3v) is 4.48. The predicted octanol–water partition coefficient (Wildman–Crippen LogP) is 3.69. The molecule has 0 aliphatic rings. The van der Waals surface area contributed by atoms with Crippen molar-refractivity contribution in [3.63, 3.8) is 0 Å². The molecule has 2 N–H and O–H groups in total. The molecule has 11 heteroatoms. The molecule has 11 nitrogen and oxygen atoms in total. The Bertz CT molecular complexity index is 1060. The van der Waals surface area contributed by atoms with Crippen LogP contribution in [-0.4, -0.2) is 27.4 Å². The van der Waals surface area contributed by atoms with Crippen molar-refractivity contribution >= 4 is 34.6 Å². The number of nitrogens with one attached hydrogen (secondary N) is 2. The zero-order chi connectivity index (χ0) is 23.8. The van der Waals surface area contributed by atoms with Crippen molar-refractivity contribution in [2.45, 2.75) is 39.5 Å². The molecule has 0 spiro atoms. The van der Waals surface area contributed by atoms with Crippen molar-refractivity contribution in [1.29, 1.82) is 0 Å². The van der Waals surface area contributed by atoms with Gasteiger partial charge in [0.05, 0.1) is 28.8 Å². The SMILES string of the molecule is CC(CC(=O)Nc1ccc(C(C)C)cc1)=NNC(=O)Cc1ccc([N+](=O)[O-])cc1[N+](=O)[O-]. The summed E-state index contributed by atoms with van der Waals surface area (Å²) in [5, 5.41) is 28.5. The fourth-order valence-corrected chi connectivity index (χ4v) is 2.78. The third-order valence-electron chi connectivity index (χ3n) is 4.48. The average Bonchev–Trinajstić information content (AvgIpc) is 2.72. The molecular weight excluding hydrogens is 418 g/mol. The first-order valence-corrected chi connectivity index (χ1v) is 9.70. The van der Waals surface area contributed by atoms with E-state index in [2.05, 4.69) is 29.7 Å². The van der Waals surface area contributed by atoms with Gasteiger partial charge in [-0.3, -0.25) is 29.8 Å². The molecule has 0 saturated carbocycles. The fourth-order valence-electron chi connectivity index (χ4n) is 2.78. The molecule has 0 unspecified atom stereocenters. The molecule has 2 amide bonds. The number of hydrazone groups is 1. The topological polar surface area (TPSA) is 157 Å². The molecule has 0 aliphatic carbocycles. The van der Waals surface area contributed by atoms with Crippen molar-refractivity contribution in [3.8, 4) is 0 Å². The molecule has 0 fully saturated rings. The highest BCUT2D eigenvalue weighted by atomic mass is 16.6. The standard InChI is InChI=1S/C21H23N5O6/c1-13(2)15-4-7-17(8-5-15)22-20(27)10-14(3)23-24-21(28)11-16-6-9-18(25(29)30)12-19(16)26(31)32/h4-9,12-13H,10-11H2,1-3H3,(H,22,27)(H,24,28). The average molecular weight is 441 g/mol. The van der Waals surface area contributed by atoms with Crippen LogP contribution in [0.25, 0.3) is 0 Å². The van der Waals surface area contributed by atoms with E-state index in [0.717, 1.165) is 23.8 Å². The van der Waals surface area contributed by atoms with Gasteiger partial charge in [-0.15, -0.1) is 0 Å². The summed E-state index contributed by atoms with van der Waals surface area (Å²) in [5.41, 5.74) is 3.39. The molecule has 2 aromatic rings. The first kappa shape index (κ1) is 24.1. The first-order chi connectivity index (χ1) is 15.1. The van der Waals surface area contributed by atoms with Gasteiger partial charge in [0.2, 0.25) is 11.8 Å². The van der Waals surface area contributed by atoms with E-state index in [-0.39, 0.29) is 17.9 Å². The zero-order valence-electron chi connectivity index (χ0n) is 17.8. The van der Waals surface area contributed by atoms with Crippen LogP contribution in [0.1, 0.15) is 44.2 Å². The van der Waals surface area contributed by atoms with Crippen molar-refractivity contribution in [1.82, 2.24) is 5.43 Å². The maximum absolute atomic E-state index is 12.1. The van der Waals surface area contributed by atoms with E-state index in [9.17, 15) is 29.8 Å². The van der Waals surface area contributed by atoms with E-state index in [1.165, 1.54) is 0 Å². The van der Waals surface area contributed by atoms with Gasteiger partial charge in [-0.2, -0.15) is 5.10 Å². The van der Waals surface area contributed by atoms with Gasteiger partial charge >= 0.3 is 0 Å². The second-order valence-electron chi connectivity index (χ2n) is 7.39. The van der Waals surface area contributed by atoms with E-state index < -0.39 is 33.5 Å². The van der Waals surface area contributed by atoms with Crippen LogP contribution >= 0.6 is 0 Å². The van der Waals surface area contributed by atoms with Gasteiger partial charge in [0, 0.05) is 23.0 Å². The molecule has 2 aromatic carbocycles. The summed E-state index contributed by atoms with van der Waals surface area (Å²) >= 11 is 0. The highest BCUT2D eigenvalue weighted by Crippen LogP contribution is 2.25. The van der Waals surface area contributed by atoms with Crippen LogP contribution in [0.5, 0.6) is 0 Å². The maximum atomic E-state index is 12.1. The number of hydrogen-bond acceptors (Lipinski definition) is 7. The van der Waals surface area contributed by atoms with E-state index in [4.69, 9.17) is 0 Å². The van der Waals surface area contributed by atoms with Gasteiger partial charge < -0.3 is 5.32 Å². The highest BCUT2D eigenvalue weighted by Gasteiger charge is 2.21. The minimum atomic E-state index is -0.790. The molecule has 168 valence electrons. The summed E-state index contributed by atoms with van der Waals surface area (Å²) in [6, 6.07) is 10.5. The van der Waals surface area contributed by atoms with Gasteiger partial charge in [0.1, 0.15) is 0 Å². The Morgan fingerprint density at radius 1 is 1.00 bits per heavy atom. The molecular formula is C21H23N5O6. The summed E-state index contributed by atoms with van der Waals surface area (Å²) in [6.07, 6.45) is -0.469. The van der Waals surface area contributed by atoms with Gasteiger partial charge in [-0.05, 0) is 36.6 Å². The number of nitrogens with zero attached hydrogens (tertiary/aromatic N) is 3. The molecule has 0 heterocycles. The predicted molar refractivity (Wildman–Crippen MR) is 118 cm³/mol. The normalized spacial score (nSPS) is 11.2. The van der Waals surface area contributed by atoms with Crippen LogP contribution < -0.4 is 10.7 Å². The summed E-state index contributed by atoms with van der Waals surface area (Å²) in [7, 11) is 0. The molecule has 0 saturated heterocycles. The Morgan fingerprint density at radius 2 is 1.66 bits per heavy atom. The summed E-state index contributed by atoms with van der Waals surface area (Å²) in [6.45, 7) is 5.69. The van der Waals surface area contributed by atoms with Crippen molar-refractivity contribution in [2.24, 2.45) is 5.10 Å². The number of hydrogen-bond donors (Lipinski definition) is 2. The van der Waals surface area contributed by atoms with E-state index in [1.54, 1.807) is 19.1 Å². The van der Waals surface area contributed by atoms with Crippen molar-refractivity contribution in [2.75, 3.05) is 5.32 Å². The van der Waals surface area contributed by atoms with Crippen molar-refractivity contribution in [3.05, 3.63) is 73.8 Å². The maximum Gasteiger partial charge on any atom is 0.279 e. The summed E-state index contributed by atoms with van der Waals surface area (Å²) in [5.74, 6) is -0.597. The molecule has 0 bridgehead atoms. The Hall–Kier alpha value is -4.15. The lowest BCUT2D eigenvalue weighted by atomic mass is 10.0. The molecule has 2 rings (SSSR count). The van der Waals surface area contributed by atoms with E-state index in [0.29, 0.717) is 17.3 Å². The number of carbonyl (C=O) groups excluding carboxylic acids is 2. The number of nitro groups is 2. The molecule has 0 radical (unpaired) electrons. The van der Waals surface area contributed by atoms with Gasteiger partial charge in [-0.25, -0.2) is 5.43 Å². The summed E-state index contributed by atoms with van der Waals surface area (Å²) in [4.78, 5) is 44.6. The third kappa shape index (κ3) is 6.97. The molecule has 0 aliphatic heterocycles. The first-order valence-electron chi connectivity index (χ1n) is 9.70. The lowest BCUT2D eigenvalue weighted by molar-refractivity contribution is -0.394. The van der Waals surface area contributed by atoms with E-state index in [1.807, 2.05) is 12.1 Å².